The number of nitrogens with one attached hydrogen (secondary N) is 1. The molecule has 0 aromatic heterocycles. The highest BCUT2D eigenvalue weighted by molar-refractivity contribution is 5.95. The third kappa shape index (κ3) is 4.74. The number of aromatic carboxylic acids is 1. The molecule has 0 saturated carbocycles. The van der Waals surface area contributed by atoms with Gasteiger partial charge in [-0.15, -0.1) is 0 Å². The monoisotopic (exact) mass is 289 g/mol. The summed E-state index contributed by atoms with van der Waals surface area (Å²) in [5.74, 6) is -0.532. The van der Waals surface area contributed by atoms with Crippen LogP contribution in [0.5, 0.6) is 0 Å². The largest absolute Gasteiger partial charge is 0.478 e. The summed E-state index contributed by atoms with van der Waals surface area (Å²) in [6.07, 6.45) is 9.06. The van der Waals surface area contributed by atoms with E-state index >= 15 is 0 Å². The molecule has 2 rings (SSSR count). The van der Waals surface area contributed by atoms with Crippen LogP contribution in [0.15, 0.2) is 30.4 Å². The average Bonchev–Trinajstić information content (AvgIpc) is 3.01. The molecule has 0 heterocycles. The van der Waals surface area contributed by atoms with Crippen LogP contribution in [0.3, 0.4) is 0 Å². The summed E-state index contributed by atoms with van der Waals surface area (Å²) < 4.78 is 0. The molecular formula is C17H23NO3. The second-order valence-electron chi connectivity index (χ2n) is 4.89. The summed E-state index contributed by atoms with van der Waals surface area (Å²) >= 11 is 0. The van der Waals surface area contributed by atoms with E-state index in [2.05, 4.69) is 17.5 Å². The molecule has 1 aliphatic carbocycles. The van der Waals surface area contributed by atoms with Gasteiger partial charge in [0.2, 0.25) is 0 Å². The quantitative estimate of drug-likeness (QED) is 0.638. The minimum Gasteiger partial charge on any atom is -0.478 e. The lowest BCUT2D eigenvalue weighted by Crippen LogP contribution is -2.07. The number of rotatable bonds is 5. The topological polar surface area (TPSA) is 66.4 Å². The van der Waals surface area contributed by atoms with E-state index < -0.39 is 5.97 Å². The van der Waals surface area contributed by atoms with Crippen LogP contribution in [0, 0.1) is 0 Å². The molecule has 0 saturated heterocycles. The Morgan fingerprint density at radius 3 is 2.67 bits per heavy atom. The van der Waals surface area contributed by atoms with E-state index in [1.165, 1.54) is 0 Å². The predicted octanol–water partition coefficient (Wildman–Crippen LogP) is 3.85. The first-order chi connectivity index (χ1) is 10.2. The highest BCUT2D eigenvalue weighted by Gasteiger charge is 2.19. The zero-order valence-electron chi connectivity index (χ0n) is 12.6. The molecule has 1 atom stereocenters. The number of allylic oxidation sites excluding steroid dienone is 2. The van der Waals surface area contributed by atoms with Crippen LogP contribution in [-0.4, -0.2) is 24.4 Å². The van der Waals surface area contributed by atoms with Crippen molar-refractivity contribution in [2.75, 3.05) is 12.4 Å². The zero-order valence-corrected chi connectivity index (χ0v) is 12.6. The lowest BCUT2D eigenvalue weighted by atomic mass is 9.94. The smallest absolute Gasteiger partial charge is 0.337 e. The molecule has 1 aliphatic rings. The summed E-state index contributed by atoms with van der Waals surface area (Å²) in [5.41, 5.74) is 2.17. The Morgan fingerprint density at radius 1 is 1.48 bits per heavy atom. The molecule has 0 spiro atoms. The van der Waals surface area contributed by atoms with Gasteiger partial charge in [0.25, 0.3) is 0 Å². The molecule has 1 aromatic rings. The highest BCUT2D eigenvalue weighted by atomic mass is 16.4. The van der Waals surface area contributed by atoms with E-state index in [0.717, 1.165) is 36.8 Å². The van der Waals surface area contributed by atoms with Gasteiger partial charge in [0.1, 0.15) is 6.29 Å². The Labute approximate surface area is 125 Å². The number of carboxylic acid groups (broad SMARTS) is 1. The Kier molecular flexibility index (Phi) is 7.23. The first-order valence-corrected chi connectivity index (χ1v) is 7.29. The van der Waals surface area contributed by atoms with Crippen molar-refractivity contribution in [3.63, 3.8) is 0 Å². The first-order valence-electron chi connectivity index (χ1n) is 7.29. The zero-order chi connectivity index (χ0) is 15.7. The Morgan fingerprint density at radius 2 is 2.24 bits per heavy atom. The maximum Gasteiger partial charge on any atom is 0.337 e. The molecule has 4 nitrogen and oxygen atoms in total. The lowest BCUT2D eigenvalue weighted by Gasteiger charge is -2.16. The molecule has 4 heteroatoms. The predicted molar refractivity (Wildman–Crippen MR) is 85.0 cm³/mol. The summed E-state index contributed by atoms with van der Waals surface area (Å²) in [6.45, 7) is 1.98. The number of carbonyl (C=O) groups is 2. The normalized spacial score (nSPS) is 16.0. The van der Waals surface area contributed by atoms with E-state index in [4.69, 9.17) is 5.11 Å². The molecule has 0 aliphatic heterocycles. The number of hydrogen-bond donors (Lipinski definition) is 2. The summed E-state index contributed by atoms with van der Waals surface area (Å²) in [4.78, 5) is 20.5. The number of para-hydroxylation sites is 1. The average molecular weight is 289 g/mol. The van der Waals surface area contributed by atoms with Crippen molar-refractivity contribution in [2.45, 2.75) is 38.5 Å². The van der Waals surface area contributed by atoms with Gasteiger partial charge < -0.3 is 15.2 Å². The molecule has 21 heavy (non-hydrogen) atoms. The number of carbonyl (C=O) groups excluding carboxylic acids is 1. The van der Waals surface area contributed by atoms with Crippen LogP contribution in [-0.2, 0) is 4.79 Å². The molecule has 2 N–H and O–H groups in total. The van der Waals surface area contributed by atoms with Gasteiger partial charge in [-0.2, -0.15) is 0 Å². The summed E-state index contributed by atoms with van der Waals surface area (Å²) in [7, 11) is 1.77. The van der Waals surface area contributed by atoms with Gasteiger partial charge in [0.05, 0.1) is 11.3 Å². The van der Waals surface area contributed by atoms with Crippen molar-refractivity contribution >= 4 is 17.9 Å². The van der Waals surface area contributed by atoms with Crippen molar-refractivity contribution < 1.29 is 14.7 Å². The van der Waals surface area contributed by atoms with E-state index in [1.807, 2.05) is 19.1 Å². The van der Waals surface area contributed by atoms with E-state index in [0.29, 0.717) is 17.9 Å². The number of benzene rings is 1. The fourth-order valence-corrected chi connectivity index (χ4v) is 2.35. The van der Waals surface area contributed by atoms with Gasteiger partial charge in [-0.05, 0) is 30.9 Å². The minimum absolute atomic E-state index is 0.347. The third-order valence-corrected chi connectivity index (χ3v) is 3.40. The van der Waals surface area contributed by atoms with E-state index in [9.17, 15) is 9.59 Å². The fourth-order valence-electron chi connectivity index (χ4n) is 2.35. The van der Waals surface area contributed by atoms with Gasteiger partial charge in [0, 0.05) is 19.4 Å². The van der Waals surface area contributed by atoms with Crippen molar-refractivity contribution in [1.82, 2.24) is 0 Å². The van der Waals surface area contributed by atoms with E-state index in [-0.39, 0.29) is 0 Å². The molecule has 0 bridgehead atoms. The van der Waals surface area contributed by atoms with Crippen LogP contribution >= 0.6 is 0 Å². The first kappa shape index (κ1) is 17.0. The maximum absolute atomic E-state index is 11.1. The van der Waals surface area contributed by atoms with Crippen LogP contribution in [0.4, 0.5) is 5.69 Å². The number of hydrogen-bond acceptors (Lipinski definition) is 3. The Bertz CT molecular complexity index is 509. The highest BCUT2D eigenvalue weighted by Crippen LogP contribution is 2.34. The van der Waals surface area contributed by atoms with Crippen molar-refractivity contribution in [1.29, 1.82) is 0 Å². The number of anilines is 1. The third-order valence-electron chi connectivity index (χ3n) is 3.40. The molecule has 0 fully saturated rings. The molecule has 1 aromatic carbocycles. The maximum atomic E-state index is 11.1. The second-order valence-corrected chi connectivity index (χ2v) is 4.89. The Balaban J connectivity index is 0.000000383. The number of unbranched alkanes of at least 4 members (excludes halogenated alkanes) is 1. The van der Waals surface area contributed by atoms with Crippen molar-refractivity contribution in [3.8, 4) is 0 Å². The van der Waals surface area contributed by atoms with Crippen LogP contribution in [0.2, 0.25) is 0 Å². The van der Waals surface area contributed by atoms with Crippen LogP contribution in [0.1, 0.15) is 54.4 Å². The lowest BCUT2D eigenvalue weighted by molar-refractivity contribution is -0.107. The Hall–Kier alpha value is -2.10. The van der Waals surface area contributed by atoms with Crippen molar-refractivity contribution in [3.05, 3.63) is 41.5 Å². The van der Waals surface area contributed by atoms with Crippen LogP contribution in [0.25, 0.3) is 0 Å². The SMILES string of the molecule is CCCC=O.CNc1c(C(=O)O)cccc1C1C=CCC1. The standard InChI is InChI=1S/C13H15NO2.C4H8O/c1-14-12-10(9-5-2-3-6-9)7-4-8-11(12)13(15)16;1-2-3-4-5/h2,4-5,7-9,14H,3,6H2,1H3,(H,15,16);4H,2-3H2,1H3. The van der Waals surface area contributed by atoms with Gasteiger partial charge in [-0.1, -0.05) is 31.2 Å². The second kappa shape index (κ2) is 8.95. The van der Waals surface area contributed by atoms with Gasteiger partial charge in [-0.25, -0.2) is 4.79 Å². The molecular weight excluding hydrogens is 266 g/mol. The molecule has 0 radical (unpaired) electrons. The van der Waals surface area contributed by atoms with Crippen LogP contribution < -0.4 is 5.32 Å². The van der Waals surface area contributed by atoms with Gasteiger partial charge >= 0.3 is 5.97 Å². The number of carboxylic acids is 1. The molecule has 0 amide bonds. The minimum atomic E-state index is -0.881. The molecule has 1 unspecified atom stereocenters. The summed E-state index contributed by atoms with van der Waals surface area (Å²) in [6, 6.07) is 5.45. The van der Waals surface area contributed by atoms with Gasteiger partial charge in [0.15, 0.2) is 0 Å². The van der Waals surface area contributed by atoms with Crippen molar-refractivity contribution in [2.24, 2.45) is 0 Å². The fraction of sp³-hybridized carbons (Fsp3) is 0.412. The van der Waals surface area contributed by atoms with Gasteiger partial charge in [-0.3, -0.25) is 0 Å². The van der Waals surface area contributed by atoms with E-state index in [1.54, 1.807) is 13.1 Å². The number of aldehydes is 1. The molecule has 114 valence electrons. The summed E-state index contributed by atoms with van der Waals surface area (Å²) in [5, 5.41) is 12.1.